The number of nitrogens with two attached hydrogens (primary N) is 1. The lowest BCUT2D eigenvalue weighted by Gasteiger charge is -2.03. The molecule has 0 aromatic heterocycles. The number of nitrogens with zero attached hydrogens (tertiary/aromatic N) is 2. The van der Waals surface area contributed by atoms with Crippen molar-refractivity contribution in [1.82, 2.24) is 0 Å². The number of hydrogen-bond acceptors (Lipinski definition) is 4. The summed E-state index contributed by atoms with van der Waals surface area (Å²) in [6.07, 6.45) is 0. The van der Waals surface area contributed by atoms with Gasteiger partial charge < -0.3 is 11.1 Å². The summed E-state index contributed by atoms with van der Waals surface area (Å²) in [5.41, 5.74) is 7.16. The van der Waals surface area contributed by atoms with Crippen LogP contribution < -0.4 is 11.1 Å². The highest BCUT2D eigenvalue weighted by atomic mass is 35.5. The van der Waals surface area contributed by atoms with Crippen molar-refractivity contribution in [2.75, 3.05) is 11.1 Å². The Morgan fingerprint density at radius 1 is 1.04 bits per heavy atom. The van der Waals surface area contributed by atoms with Gasteiger partial charge in [0.05, 0.1) is 22.5 Å². The second kappa shape index (κ2) is 8.65. The lowest BCUT2D eigenvalue weighted by molar-refractivity contribution is -0.114. The molecule has 1 amide bonds. The number of nitriles is 2. The van der Waals surface area contributed by atoms with Crippen molar-refractivity contribution >= 4 is 40.5 Å². The van der Waals surface area contributed by atoms with Gasteiger partial charge in [0.15, 0.2) is 0 Å². The zero-order chi connectivity index (χ0) is 17.4. The Morgan fingerprint density at radius 3 is 2.04 bits per heavy atom. The maximum absolute atomic E-state index is 10.7. The number of nitrogen functional groups attached to an aromatic ring is 1. The quantitative estimate of drug-likeness (QED) is 0.762. The lowest BCUT2D eigenvalue weighted by Crippen LogP contribution is -2.07. The maximum Gasteiger partial charge on any atom is 0.221 e. The van der Waals surface area contributed by atoms with Gasteiger partial charge in [0.2, 0.25) is 5.91 Å². The summed E-state index contributed by atoms with van der Waals surface area (Å²) in [5, 5.41) is 20.7. The molecule has 0 fully saturated rings. The fraction of sp³-hybridized carbons (Fsp3) is 0.0625. The number of anilines is 2. The van der Waals surface area contributed by atoms with E-state index in [-0.39, 0.29) is 5.91 Å². The lowest BCUT2D eigenvalue weighted by atomic mass is 10.2. The topological polar surface area (TPSA) is 103 Å². The SMILES string of the molecule is CC(=O)Nc1cc(Cl)ccc1C#N.N#Cc1ccc(Cl)cc1N. The van der Waals surface area contributed by atoms with E-state index >= 15 is 0 Å². The van der Waals surface area contributed by atoms with E-state index in [1.165, 1.54) is 6.92 Å². The third kappa shape index (κ3) is 5.88. The smallest absolute Gasteiger partial charge is 0.221 e. The Morgan fingerprint density at radius 2 is 1.57 bits per heavy atom. The fourth-order valence-electron chi connectivity index (χ4n) is 1.54. The number of amides is 1. The number of halogens is 2. The van der Waals surface area contributed by atoms with Crippen LogP contribution in [0.4, 0.5) is 11.4 Å². The molecule has 23 heavy (non-hydrogen) atoms. The summed E-state index contributed by atoms with van der Waals surface area (Å²) in [7, 11) is 0. The van der Waals surface area contributed by atoms with Crippen molar-refractivity contribution in [1.29, 1.82) is 10.5 Å². The third-order valence-electron chi connectivity index (χ3n) is 2.55. The Hall–Kier alpha value is -2.73. The number of benzene rings is 2. The van der Waals surface area contributed by atoms with Crippen LogP contribution in [0.25, 0.3) is 0 Å². The van der Waals surface area contributed by atoms with Crippen LogP contribution in [-0.2, 0) is 4.79 Å². The summed E-state index contributed by atoms with van der Waals surface area (Å²) < 4.78 is 0. The molecule has 116 valence electrons. The molecule has 0 spiro atoms. The van der Waals surface area contributed by atoms with Crippen molar-refractivity contribution in [2.45, 2.75) is 6.92 Å². The predicted molar refractivity (Wildman–Crippen MR) is 91.1 cm³/mol. The molecule has 0 saturated heterocycles. The minimum Gasteiger partial charge on any atom is -0.398 e. The van der Waals surface area contributed by atoms with Crippen molar-refractivity contribution < 1.29 is 4.79 Å². The van der Waals surface area contributed by atoms with E-state index < -0.39 is 0 Å². The Balaban J connectivity index is 0.000000238. The van der Waals surface area contributed by atoms with Crippen molar-refractivity contribution in [2.24, 2.45) is 0 Å². The molecule has 0 saturated carbocycles. The van der Waals surface area contributed by atoms with Crippen molar-refractivity contribution in [3.63, 3.8) is 0 Å². The van der Waals surface area contributed by atoms with E-state index in [2.05, 4.69) is 5.32 Å². The molecular weight excluding hydrogens is 335 g/mol. The van der Waals surface area contributed by atoms with Crippen molar-refractivity contribution in [3.05, 3.63) is 57.6 Å². The molecular formula is C16H12Cl2N4O. The van der Waals surface area contributed by atoms with Gasteiger partial charge in [-0.05, 0) is 36.4 Å². The van der Waals surface area contributed by atoms with Gasteiger partial charge in [-0.15, -0.1) is 0 Å². The molecule has 2 aromatic carbocycles. The molecule has 0 aliphatic carbocycles. The number of hydrogen-bond donors (Lipinski definition) is 2. The molecule has 7 heteroatoms. The summed E-state index contributed by atoms with van der Waals surface area (Å²) >= 11 is 11.3. The highest BCUT2D eigenvalue weighted by Crippen LogP contribution is 2.20. The zero-order valence-electron chi connectivity index (χ0n) is 12.1. The number of nitrogens with one attached hydrogen (secondary N) is 1. The summed E-state index contributed by atoms with van der Waals surface area (Å²) in [4.78, 5) is 10.7. The van der Waals surface area contributed by atoms with Gasteiger partial charge in [-0.2, -0.15) is 10.5 Å². The van der Waals surface area contributed by atoms with Gasteiger partial charge in [0, 0.05) is 17.0 Å². The monoisotopic (exact) mass is 346 g/mol. The van der Waals surface area contributed by atoms with Crippen molar-refractivity contribution in [3.8, 4) is 12.1 Å². The number of carbonyl (C=O) groups excluding carboxylic acids is 1. The van der Waals surface area contributed by atoms with E-state index in [9.17, 15) is 4.79 Å². The first kappa shape index (κ1) is 18.3. The molecule has 0 bridgehead atoms. The van der Waals surface area contributed by atoms with Crippen LogP contribution >= 0.6 is 23.2 Å². The van der Waals surface area contributed by atoms with Gasteiger partial charge in [-0.3, -0.25) is 4.79 Å². The first-order chi connectivity index (χ1) is 10.9. The number of rotatable bonds is 1. The van der Waals surface area contributed by atoms with Crippen LogP contribution in [0, 0.1) is 22.7 Å². The standard InChI is InChI=1S/C9H7ClN2O.C7H5ClN2/c1-6(13)12-9-4-8(10)3-2-7(9)5-11;8-6-2-1-5(4-9)7(10)3-6/h2-4H,1H3,(H,12,13);1-3H,10H2. The highest BCUT2D eigenvalue weighted by molar-refractivity contribution is 6.31. The van der Waals surface area contributed by atoms with Crippen LogP contribution in [0.15, 0.2) is 36.4 Å². The number of carbonyl (C=O) groups is 1. The van der Waals surface area contributed by atoms with Gasteiger partial charge in [0.1, 0.15) is 12.1 Å². The molecule has 0 heterocycles. The fourth-order valence-corrected chi connectivity index (χ4v) is 1.90. The largest absolute Gasteiger partial charge is 0.398 e. The Labute approximate surface area is 143 Å². The maximum atomic E-state index is 10.7. The van der Waals surface area contributed by atoms with Crippen LogP contribution in [0.3, 0.4) is 0 Å². The average molecular weight is 347 g/mol. The molecule has 3 N–H and O–H groups in total. The minimum absolute atomic E-state index is 0.223. The minimum atomic E-state index is -0.223. The predicted octanol–water partition coefficient (Wildman–Crippen LogP) is 3.96. The molecule has 0 radical (unpaired) electrons. The normalized spacial score (nSPS) is 8.91. The van der Waals surface area contributed by atoms with E-state index in [4.69, 9.17) is 39.5 Å². The van der Waals surface area contributed by atoms with E-state index in [0.29, 0.717) is 32.5 Å². The van der Waals surface area contributed by atoms with Crippen LogP contribution in [0.1, 0.15) is 18.1 Å². The molecule has 2 rings (SSSR count). The summed E-state index contributed by atoms with van der Waals surface area (Å²) in [6.45, 7) is 1.38. The molecule has 0 aliphatic heterocycles. The third-order valence-corrected chi connectivity index (χ3v) is 3.02. The van der Waals surface area contributed by atoms with E-state index in [0.717, 1.165) is 0 Å². The van der Waals surface area contributed by atoms with E-state index in [1.54, 1.807) is 36.4 Å². The van der Waals surface area contributed by atoms with Crippen LogP contribution in [0.2, 0.25) is 10.0 Å². The zero-order valence-corrected chi connectivity index (χ0v) is 13.6. The van der Waals surface area contributed by atoms with Gasteiger partial charge in [-0.25, -0.2) is 0 Å². The van der Waals surface area contributed by atoms with Gasteiger partial charge >= 0.3 is 0 Å². The molecule has 0 unspecified atom stereocenters. The summed E-state index contributed by atoms with van der Waals surface area (Å²) in [5.74, 6) is -0.223. The van der Waals surface area contributed by atoms with Gasteiger partial charge in [-0.1, -0.05) is 23.2 Å². The molecule has 5 nitrogen and oxygen atoms in total. The van der Waals surface area contributed by atoms with E-state index in [1.807, 2.05) is 12.1 Å². The summed E-state index contributed by atoms with van der Waals surface area (Å²) in [6, 6.07) is 13.4. The highest BCUT2D eigenvalue weighted by Gasteiger charge is 2.03. The van der Waals surface area contributed by atoms with Crippen LogP contribution in [0.5, 0.6) is 0 Å². The second-order valence-electron chi connectivity index (χ2n) is 4.33. The first-order valence-electron chi connectivity index (χ1n) is 6.29. The Kier molecular flexibility index (Phi) is 6.89. The molecule has 0 aliphatic rings. The van der Waals surface area contributed by atoms with Crippen LogP contribution in [-0.4, -0.2) is 5.91 Å². The first-order valence-corrected chi connectivity index (χ1v) is 7.05. The Bertz CT molecular complexity index is 807. The average Bonchev–Trinajstić information content (AvgIpc) is 2.47. The molecule has 2 aromatic rings. The van der Waals surface area contributed by atoms with Gasteiger partial charge in [0.25, 0.3) is 0 Å². The second-order valence-corrected chi connectivity index (χ2v) is 5.20. The molecule has 0 atom stereocenters.